The quantitative estimate of drug-likeness (QED) is 0.158. The minimum absolute atomic E-state index is 0.0325. The molecule has 0 heterocycles. The van der Waals surface area contributed by atoms with Gasteiger partial charge in [0.2, 0.25) is 0 Å². The Morgan fingerprint density at radius 1 is 0.711 bits per heavy atom. The second-order valence-electron chi connectivity index (χ2n) is 7.80. The number of esters is 3. The highest BCUT2D eigenvalue weighted by atomic mass is 16.6. The van der Waals surface area contributed by atoms with Gasteiger partial charge in [0.1, 0.15) is 13.2 Å². The maximum Gasteiger partial charge on any atom is 0.333 e. The molecule has 0 unspecified atom stereocenters. The van der Waals surface area contributed by atoms with Crippen molar-refractivity contribution in [2.45, 2.75) is 47.5 Å². The van der Waals surface area contributed by atoms with E-state index in [9.17, 15) is 19.2 Å². The molecule has 0 radical (unpaired) electrons. The van der Waals surface area contributed by atoms with E-state index in [0.717, 1.165) is 12.8 Å². The van der Waals surface area contributed by atoms with Gasteiger partial charge in [0.25, 0.3) is 0 Å². The highest BCUT2D eigenvalue weighted by Gasteiger charge is 2.05. The molecule has 38 heavy (non-hydrogen) atoms. The number of rotatable bonds is 11. The van der Waals surface area contributed by atoms with Crippen molar-refractivity contribution in [3.63, 3.8) is 0 Å². The number of benzene rings is 1. The lowest BCUT2D eigenvalue weighted by molar-refractivity contribution is -0.147. The zero-order valence-corrected chi connectivity index (χ0v) is 23.3. The Balaban J connectivity index is -0.000000450. The molecule has 210 valence electrons. The molecule has 0 aliphatic heterocycles. The fraction of sp³-hybridized carbons (Fsp3) is 0.333. The lowest BCUT2D eigenvalue weighted by atomic mass is 10.2. The van der Waals surface area contributed by atoms with Crippen LogP contribution in [-0.2, 0) is 33.4 Å². The third-order valence-corrected chi connectivity index (χ3v) is 3.73. The van der Waals surface area contributed by atoms with Crippen LogP contribution in [-0.4, -0.2) is 48.8 Å². The molecule has 0 amide bonds. The van der Waals surface area contributed by atoms with Crippen LogP contribution in [0.3, 0.4) is 0 Å². The van der Waals surface area contributed by atoms with Crippen molar-refractivity contribution in [3.8, 4) is 0 Å². The monoisotopic (exact) mass is 530 g/mol. The molecule has 8 heteroatoms. The summed E-state index contributed by atoms with van der Waals surface area (Å²) < 4.78 is 14.2. The molecule has 0 aromatic heterocycles. The third kappa shape index (κ3) is 26.4. The van der Waals surface area contributed by atoms with Crippen LogP contribution in [0.2, 0.25) is 0 Å². The molecule has 1 rings (SSSR count). The second-order valence-corrected chi connectivity index (χ2v) is 7.80. The molecular weight excluding hydrogens is 488 g/mol. The summed E-state index contributed by atoms with van der Waals surface area (Å²) in [5.41, 5.74) is 2.45. The van der Waals surface area contributed by atoms with Gasteiger partial charge in [-0.25, -0.2) is 19.2 Å². The van der Waals surface area contributed by atoms with Gasteiger partial charge in [-0.3, -0.25) is 0 Å². The topological polar surface area (TPSA) is 116 Å². The normalized spacial score (nSPS) is 8.66. The maximum atomic E-state index is 10.8. The number of ether oxygens (including phenoxy) is 3. The molecule has 0 saturated heterocycles. The van der Waals surface area contributed by atoms with Crippen molar-refractivity contribution in [3.05, 3.63) is 91.1 Å². The molecule has 0 saturated carbocycles. The van der Waals surface area contributed by atoms with E-state index in [1.54, 1.807) is 20.8 Å². The Morgan fingerprint density at radius 2 is 1.05 bits per heavy atom. The van der Waals surface area contributed by atoms with Crippen LogP contribution < -0.4 is 0 Å². The average Bonchev–Trinajstić information content (AvgIpc) is 2.87. The fourth-order valence-electron chi connectivity index (χ4n) is 1.54. The summed E-state index contributed by atoms with van der Waals surface area (Å²) in [4.78, 5) is 42.0. The maximum absolute atomic E-state index is 10.8. The van der Waals surface area contributed by atoms with Crippen LogP contribution in [0.5, 0.6) is 0 Å². The molecule has 8 nitrogen and oxygen atoms in total. The first kappa shape index (κ1) is 38.3. The first-order chi connectivity index (χ1) is 17.7. The number of aliphatic carboxylic acids is 1. The first-order valence-electron chi connectivity index (χ1n) is 11.7. The smallest absolute Gasteiger partial charge is 0.333 e. The van der Waals surface area contributed by atoms with Crippen LogP contribution in [0.25, 0.3) is 6.08 Å². The van der Waals surface area contributed by atoms with E-state index in [4.69, 9.17) is 9.84 Å². The molecule has 1 aromatic carbocycles. The van der Waals surface area contributed by atoms with Crippen molar-refractivity contribution in [2.75, 3.05) is 19.8 Å². The van der Waals surface area contributed by atoms with Gasteiger partial charge in [-0.2, -0.15) is 0 Å². The summed E-state index contributed by atoms with van der Waals surface area (Å²) >= 11 is 0. The molecule has 0 aliphatic rings. The molecule has 1 aromatic rings. The first-order valence-corrected chi connectivity index (χ1v) is 11.7. The van der Waals surface area contributed by atoms with Gasteiger partial charge in [0.05, 0.1) is 6.61 Å². The van der Waals surface area contributed by atoms with Crippen molar-refractivity contribution in [2.24, 2.45) is 0 Å². The standard InChI is InChI=1S/C10H14O4.C8H14O2.C8H8.C4H6O2/c1-7(2)9(11)13-5-6-14-10(12)8(3)4;1-4-5-6-10-8(9)7(2)3;1-2-8-6-4-3-5-7-8;1-3(2)4(5)6/h1,3,5-6H2,2,4H3;2,4-6H2,1,3H3;2-7H,1H2;1H2,2H3,(H,5,6). The fourth-order valence-corrected chi connectivity index (χ4v) is 1.54. The van der Waals surface area contributed by atoms with Crippen LogP contribution in [0.4, 0.5) is 0 Å². The highest BCUT2D eigenvalue weighted by Crippen LogP contribution is 1.98. The summed E-state index contributed by atoms with van der Waals surface area (Å²) in [6.07, 6.45) is 3.81. The zero-order valence-electron chi connectivity index (χ0n) is 23.3. The van der Waals surface area contributed by atoms with Crippen LogP contribution in [0, 0.1) is 0 Å². The van der Waals surface area contributed by atoms with Gasteiger partial charge in [-0.15, -0.1) is 0 Å². The van der Waals surface area contributed by atoms with Gasteiger partial charge >= 0.3 is 23.9 Å². The summed E-state index contributed by atoms with van der Waals surface area (Å²) in [5, 5.41) is 7.89. The third-order valence-electron chi connectivity index (χ3n) is 3.73. The average molecular weight is 531 g/mol. The van der Waals surface area contributed by atoms with E-state index < -0.39 is 17.9 Å². The van der Waals surface area contributed by atoms with Crippen LogP contribution >= 0.6 is 0 Å². The van der Waals surface area contributed by atoms with Crippen molar-refractivity contribution in [1.82, 2.24) is 0 Å². The summed E-state index contributed by atoms with van der Waals surface area (Å²) in [6, 6.07) is 10.0. The van der Waals surface area contributed by atoms with Gasteiger partial charge in [0, 0.05) is 22.3 Å². The predicted molar refractivity (Wildman–Crippen MR) is 151 cm³/mol. The Labute approximate surface area is 227 Å². The summed E-state index contributed by atoms with van der Waals surface area (Å²) in [5.74, 6) is -2.20. The van der Waals surface area contributed by atoms with Crippen molar-refractivity contribution < 1.29 is 38.5 Å². The molecule has 0 bridgehead atoms. The van der Waals surface area contributed by atoms with Crippen molar-refractivity contribution in [1.29, 1.82) is 0 Å². The Bertz CT molecular complexity index is 902. The van der Waals surface area contributed by atoms with E-state index in [1.165, 1.54) is 12.5 Å². The largest absolute Gasteiger partial charge is 0.478 e. The Hall–Kier alpha value is -4.20. The molecule has 0 aliphatic carbocycles. The molecule has 1 N–H and O–H groups in total. The lowest BCUT2D eigenvalue weighted by Crippen LogP contribution is -2.14. The highest BCUT2D eigenvalue weighted by molar-refractivity contribution is 5.88. The predicted octanol–water partition coefficient (Wildman–Crippen LogP) is 6.11. The Morgan fingerprint density at radius 3 is 1.29 bits per heavy atom. The number of hydrogen-bond donors (Lipinski definition) is 1. The number of unbranched alkanes of at least 4 members (excludes halogenated alkanes) is 1. The second kappa shape index (κ2) is 24.5. The lowest BCUT2D eigenvalue weighted by Gasteiger charge is -2.05. The minimum Gasteiger partial charge on any atom is -0.478 e. The summed E-state index contributed by atoms with van der Waals surface area (Å²) in [7, 11) is 0. The molecule has 0 atom stereocenters. The van der Waals surface area contributed by atoms with Crippen LogP contribution in [0.15, 0.2) is 85.5 Å². The van der Waals surface area contributed by atoms with E-state index in [0.29, 0.717) is 23.3 Å². The van der Waals surface area contributed by atoms with Gasteiger partial charge in [-0.1, -0.05) is 82.6 Å². The minimum atomic E-state index is -0.935. The van der Waals surface area contributed by atoms with Gasteiger partial charge < -0.3 is 19.3 Å². The number of carboxylic acid groups (broad SMARTS) is 1. The van der Waals surface area contributed by atoms with Gasteiger partial charge in [0.15, 0.2) is 0 Å². The number of hydrogen-bond acceptors (Lipinski definition) is 7. The van der Waals surface area contributed by atoms with E-state index in [1.807, 2.05) is 36.4 Å². The molecule has 0 spiro atoms. The van der Waals surface area contributed by atoms with Crippen molar-refractivity contribution >= 4 is 30.0 Å². The molecular formula is C30H42O8. The van der Waals surface area contributed by atoms with Crippen LogP contribution in [0.1, 0.15) is 53.0 Å². The number of carbonyl (C=O) groups is 4. The van der Waals surface area contributed by atoms with E-state index >= 15 is 0 Å². The van der Waals surface area contributed by atoms with E-state index in [2.05, 4.69) is 49.3 Å². The van der Waals surface area contributed by atoms with E-state index in [-0.39, 0.29) is 24.8 Å². The number of carbonyl (C=O) groups excluding carboxylic acids is 3. The molecule has 0 fully saturated rings. The summed E-state index contributed by atoms with van der Waals surface area (Å²) in [6.45, 7) is 25.9. The zero-order chi connectivity index (χ0) is 30.1. The van der Waals surface area contributed by atoms with Gasteiger partial charge in [-0.05, 0) is 39.7 Å². The SMILES string of the molecule is C=C(C)C(=O)O.C=C(C)C(=O)OCCCC.C=C(C)C(=O)OCCOC(=O)C(=C)C.C=Cc1ccccc1. The Kier molecular flexibility index (Phi) is 24.7. The number of carboxylic acids is 1.